The summed E-state index contributed by atoms with van der Waals surface area (Å²) in [5.74, 6) is 0.299. The van der Waals surface area contributed by atoms with Crippen molar-refractivity contribution in [2.75, 3.05) is 13.7 Å². The van der Waals surface area contributed by atoms with E-state index >= 15 is 0 Å². The SMILES string of the molecule is CC(C)C.COC(=O)CN=C=O. The number of carbonyl (C=O) groups excluding carboxylic acids is 2. The third kappa shape index (κ3) is 23.2. The lowest BCUT2D eigenvalue weighted by molar-refractivity contribution is -0.138. The Kier molecular flexibility index (Phi) is 11.0. The minimum absolute atomic E-state index is 0.236. The van der Waals surface area contributed by atoms with E-state index in [1.807, 2.05) is 0 Å². The van der Waals surface area contributed by atoms with E-state index in [-0.39, 0.29) is 6.54 Å². The molecule has 0 spiro atoms. The highest BCUT2D eigenvalue weighted by Gasteiger charge is 1.93. The van der Waals surface area contributed by atoms with Crippen molar-refractivity contribution in [3.63, 3.8) is 0 Å². The van der Waals surface area contributed by atoms with Crippen molar-refractivity contribution in [2.24, 2.45) is 10.9 Å². The summed E-state index contributed by atoms with van der Waals surface area (Å²) >= 11 is 0. The number of carbonyl (C=O) groups is 1. The van der Waals surface area contributed by atoms with E-state index in [0.717, 1.165) is 5.92 Å². The third-order valence-electron chi connectivity index (χ3n) is 0.500. The average molecular weight is 173 g/mol. The normalized spacial score (nSPS) is 7.75. The second-order valence-corrected chi connectivity index (χ2v) is 2.72. The minimum Gasteiger partial charge on any atom is -0.468 e. The van der Waals surface area contributed by atoms with Gasteiger partial charge in [-0.2, -0.15) is 4.99 Å². The molecule has 0 amide bonds. The number of aliphatic imine (C=N–C) groups is 1. The average Bonchev–Trinajstić information content (AvgIpc) is 1.99. The number of esters is 1. The molecule has 4 heteroatoms. The van der Waals surface area contributed by atoms with Crippen LogP contribution in [0.3, 0.4) is 0 Å². The summed E-state index contributed by atoms with van der Waals surface area (Å²) in [5, 5.41) is 0. The monoisotopic (exact) mass is 173 g/mol. The number of hydrogen-bond acceptors (Lipinski definition) is 4. The Morgan fingerprint density at radius 1 is 1.50 bits per heavy atom. The summed E-state index contributed by atoms with van der Waals surface area (Å²) in [5.41, 5.74) is 0. The lowest BCUT2D eigenvalue weighted by atomic mass is 10.3. The van der Waals surface area contributed by atoms with Crippen molar-refractivity contribution < 1.29 is 14.3 Å². The summed E-state index contributed by atoms with van der Waals surface area (Å²) in [6.45, 7) is 6.26. The van der Waals surface area contributed by atoms with Crippen LogP contribution < -0.4 is 0 Å². The molecule has 0 aliphatic carbocycles. The molecule has 0 atom stereocenters. The lowest BCUT2D eigenvalue weighted by Gasteiger charge is -1.87. The van der Waals surface area contributed by atoms with Crippen molar-refractivity contribution in [1.29, 1.82) is 0 Å². The quantitative estimate of drug-likeness (QED) is 0.357. The van der Waals surface area contributed by atoms with Gasteiger partial charge in [0.15, 0.2) is 0 Å². The zero-order valence-corrected chi connectivity index (χ0v) is 7.96. The summed E-state index contributed by atoms with van der Waals surface area (Å²) in [6, 6.07) is 0. The first-order valence-corrected chi connectivity index (χ1v) is 3.65. The standard InChI is InChI=1S/C4H5NO3.C4H10/c1-8-4(7)2-5-3-6;1-4(2)3/h2H2,1H3;4H,1-3H3. The molecule has 0 unspecified atom stereocenters. The highest BCUT2D eigenvalue weighted by Crippen LogP contribution is 1.81. The summed E-state index contributed by atoms with van der Waals surface area (Å²) < 4.78 is 4.14. The number of hydrogen-bond donors (Lipinski definition) is 0. The van der Waals surface area contributed by atoms with Crippen LogP contribution in [0, 0.1) is 5.92 Å². The van der Waals surface area contributed by atoms with E-state index in [1.54, 1.807) is 0 Å². The molecule has 0 saturated carbocycles. The molecule has 0 aromatic heterocycles. The predicted molar refractivity (Wildman–Crippen MR) is 45.5 cm³/mol. The van der Waals surface area contributed by atoms with Crippen molar-refractivity contribution in [1.82, 2.24) is 0 Å². The first kappa shape index (κ1) is 13.4. The number of rotatable bonds is 2. The number of methoxy groups -OCH3 is 1. The van der Waals surface area contributed by atoms with Crippen LogP contribution in [-0.4, -0.2) is 25.7 Å². The largest absolute Gasteiger partial charge is 0.468 e. The molecule has 12 heavy (non-hydrogen) atoms. The molecule has 0 rings (SSSR count). The topological polar surface area (TPSA) is 55.7 Å². The van der Waals surface area contributed by atoms with Gasteiger partial charge in [-0.25, -0.2) is 4.79 Å². The van der Waals surface area contributed by atoms with Gasteiger partial charge < -0.3 is 4.74 Å². The maximum atomic E-state index is 10.1. The van der Waals surface area contributed by atoms with Gasteiger partial charge in [0.25, 0.3) is 0 Å². The summed E-state index contributed by atoms with van der Waals surface area (Å²) in [6.07, 6.45) is 1.21. The summed E-state index contributed by atoms with van der Waals surface area (Å²) in [4.78, 5) is 22.4. The second-order valence-electron chi connectivity index (χ2n) is 2.72. The molecule has 0 N–H and O–H groups in total. The Labute approximate surface area is 72.6 Å². The van der Waals surface area contributed by atoms with E-state index in [2.05, 4.69) is 30.5 Å². The Morgan fingerprint density at radius 2 is 1.92 bits per heavy atom. The molecule has 0 bridgehead atoms. The molecule has 0 radical (unpaired) electrons. The van der Waals surface area contributed by atoms with E-state index in [1.165, 1.54) is 13.2 Å². The molecule has 0 aromatic rings. The van der Waals surface area contributed by atoms with Crippen LogP contribution in [0.1, 0.15) is 20.8 Å². The van der Waals surface area contributed by atoms with E-state index in [9.17, 15) is 9.59 Å². The number of isocyanates is 1. The van der Waals surface area contributed by atoms with Crippen LogP contribution in [0.5, 0.6) is 0 Å². The predicted octanol–water partition coefficient (Wildman–Crippen LogP) is 1.16. The van der Waals surface area contributed by atoms with Crippen LogP contribution >= 0.6 is 0 Å². The third-order valence-corrected chi connectivity index (χ3v) is 0.500. The molecule has 0 aliphatic heterocycles. The highest BCUT2D eigenvalue weighted by atomic mass is 16.5. The molecule has 0 fully saturated rings. The number of ether oxygens (including phenoxy) is 1. The van der Waals surface area contributed by atoms with Crippen molar-refractivity contribution in [2.45, 2.75) is 20.8 Å². The van der Waals surface area contributed by atoms with Gasteiger partial charge in [0.1, 0.15) is 6.54 Å². The zero-order valence-electron chi connectivity index (χ0n) is 7.96. The zero-order chi connectivity index (χ0) is 9.98. The smallest absolute Gasteiger partial charge is 0.328 e. The van der Waals surface area contributed by atoms with Gasteiger partial charge in [-0.05, 0) is 5.92 Å². The molecule has 0 aromatic carbocycles. The van der Waals surface area contributed by atoms with Gasteiger partial charge in [-0.1, -0.05) is 20.8 Å². The Balaban J connectivity index is 0. The lowest BCUT2D eigenvalue weighted by Crippen LogP contribution is -2.03. The van der Waals surface area contributed by atoms with Gasteiger partial charge in [0.05, 0.1) is 7.11 Å². The first-order chi connectivity index (χ1) is 5.54. The Hall–Kier alpha value is -1.15. The van der Waals surface area contributed by atoms with Gasteiger partial charge in [0, 0.05) is 0 Å². The maximum Gasteiger partial charge on any atom is 0.328 e. The van der Waals surface area contributed by atoms with Crippen LogP contribution in [0.2, 0.25) is 0 Å². The van der Waals surface area contributed by atoms with Gasteiger partial charge in [-0.15, -0.1) is 0 Å². The maximum absolute atomic E-state index is 10.1. The molecule has 70 valence electrons. The van der Waals surface area contributed by atoms with Crippen LogP contribution in [0.4, 0.5) is 0 Å². The molecular formula is C8H15NO3. The highest BCUT2D eigenvalue weighted by molar-refractivity contribution is 5.72. The Bertz CT molecular complexity index is 157. The van der Waals surface area contributed by atoms with Crippen LogP contribution in [0.15, 0.2) is 4.99 Å². The van der Waals surface area contributed by atoms with Gasteiger partial charge in [0.2, 0.25) is 6.08 Å². The van der Waals surface area contributed by atoms with E-state index in [0.29, 0.717) is 0 Å². The fraction of sp³-hybridized carbons (Fsp3) is 0.750. The van der Waals surface area contributed by atoms with E-state index < -0.39 is 5.97 Å². The van der Waals surface area contributed by atoms with Crippen LogP contribution in [-0.2, 0) is 14.3 Å². The second kappa shape index (κ2) is 9.85. The van der Waals surface area contributed by atoms with E-state index in [4.69, 9.17) is 0 Å². The molecule has 0 saturated heterocycles. The van der Waals surface area contributed by atoms with Gasteiger partial charge in [-0.3, -0.25) is 4.79 Å². The molecular weight excluding hydrogens is 158 g/mol. The van der Waals surface area contributed by atoms with Crippen molar-refractivity contribution in [3.8, 4) is 0 Å². The van der Waals surface area contributed by atoms with Crippen LogP contribution in [0.25, 0.3) is 0 Å². The molecule has 0 aliphatic rings. The summed E-state index contributed by atoms with van der Waals surface area (Å²) in [7, 11) is 1.22. The molecule has 0 heterocycles. The number of nitrogens with zero attached hydrogens (tertiary/aromatic N) is 1. The van der Waals surface area contributed by atoms with Crippen molar-refractivity contribution >= 4 is 12.0 Å². The van der Waals surface area contributed by atoms with Crippen molar-refractivity contribution in [3.05, 3.63) is 0 Å². The first-order valence-electron chi connectivity index (χ1n) is 3.65. The Morgan fingerprint density at radius 3 is 2.17 bits per heavy atom. The fourth-order valence-electron chi connectivity index (χ4n) is 0.161. The fourth-order valence-corrected chi connectivity index (χ4v) is 0.161. The van der Waals surface area contributed by atoms with Gasteiger partial charge >= 0.3 is 5.97 Å². The minimum atomic E-state index is -0.534. The molecule has 4 nitrogen and oxygen atoms in total.